The minimum atomic E-state index is -0.487. The molecule has 0 fully saturated rings. The Balaban J connectivity index is 2.21. The lowest BCUT2D eigenvalue weighted by Crippen LogP contribution is -2.27. The molecule has 0 radical (unpaired) electrons. The Morgan fingerprint density at radius 1 is 1.25 bits per heavy atom. The van der Waals surface area contributed by atoms with Crippen molar-refractivity contribution in [2.75, 3.05) is 7.05 Å². The molecular formula is C16H15BrFNO. The lowest BCUT2D eigenvalue weighted by molar-refractivity contribution is 0.0780. The van der Waals surface area contributed by atoms with Gasteiger partial charge in [0.25, 0.3) is 5.91 Å². The molecule has 2 rings (SSSR count). The summed E-state index contributed by atoms with van der Waals surface area (Å²) >= 11 is 3.44. The van der Waals surface area contributed by atoms with Gasteiger partial charge in [0, 0.05) is 18.1 Å². The van der Waals surface area contributed by atoms with E-state index in [1.165, 1.54) is 11.0 Å². The molecule has 0 spiro atoms. The van der Waals surface area contributed by atoms with Gasteiger partial charge >= 0.3 is 0 Å². The summed E-state index contributed by atoms with van der Waals surface area (Å²) in [5.74, 6) is -0.804. The van der Waals surface area contributed by atoms with Crippen LogP contribution in [0.25, 0.3) is 0 Å². The number of rotatable bonds is 3. The highest BCUT2D eigenvalue weighted by atomic mass is 79.9. The topological polar surface area (TPSA) is 20.3 Å². The van der Waals surface area contributed by atoms with Crippen LogP contribution in [0.1, 0.15) is 21.5 Å². The van der Waals surface area contributed by atoms with Gasteiger partial charge in [0.1, 0.15) is 5.82 Å². The average molecular weight is 336 g/mol. The molecule has 2 aromatic rings. The maximum absolute atomic E-state index is 13.7. The third kappa shape index (κ3) is 3.25. The Morgan fingerprint density at radius 3 is 2.65 bits per heavy atom. The van der Waals surface area contributed by atoms with Crippen LogP contribution >= 0.6 is 15.9 Å². The van der Waals surface area contributed by atoms with Gasteiger partial charge in [-0.15, -0.1) is 0 Å². The van der Waals surface area contributed by atoms with E-state index in [0.717, 1.165) is 15.6 Å². The molecule has 0 heterocycles. The number of halogens is 2. The summed E-state index contributed by atoms with van der Waals surface area (Å²) in [5, 5.41) is 0. The fraction of sp³-hybridized carbons (Fsp3) is 0.188. The zero-order valence-corrected chi connectivity index (χ0v) is 12.9. The smallest absolute Gasteiger partial charge is 0.256 e. The second-order valence-electron chi connectivity index (χ2n) is 4.74. The number of hydrogen-bond acceptors (Lipinski definition) is 1. The molecule has 2 aromatic carbocycles. The van der Waals surface area contributed by atoms with Crippen LogP contribution < -0.4 is 0 Å². The van der Waals surface area contributed by atoms with Crippen molar-refractivity contribution in [1.82, 2.24) is 4.90 Å². The highest BCUT2D eigenvalue weighted by Crippen LogP contribution is 2.19. The average Bonchev–Trinajstić information content (AvgIpc) is 2.43. The number of aryl methyl sites for hydroxylation is 1. The van der Waals surface area contributed by atoms with Crippen LogP contribution in [0, 0.1) is 12.7 Å². The third-order valence-electron chi connectivity index (χ3n) is 3.06. The molecule has 0 saturated heterocycles. The van der Waals surface area contributed by atoms with E-state index < -0.39 is 5.82 Å². The summed E-state index contributed by atoms with van der Waals surface area (Å²) in [6.45, 7) is 2.26. The maximum atomic E-state index is 13.7. The quantitative estimate of drug-likeness (QED) is 0.824. The van der Waals surface area contributed by atoms with Crippen molar-refractivity contribution in [3.63, 3.8) is 0 Å². The molecule has 0 N–H and O–H groups in total. The van der Waals surface area contributed by atoms with Gasteiger partial charge in [-0.05, 0) is 30.7 Å². The van der Waals surface area contributed by atoms with Crippen LogP contribution in [0.15, 0.2) is 46.9 Å². The Kier molecular flexibility index (Phi) is 4.55. The van der Waals surface area contributed by atoms with Crippen LogP contribution in [0.4, 0.5) is 4.39 Å². The summed E-state index contributed by atoms with van der Waals surface area (Å²) in [6.07, 6.45) is 0. The number of carbonyl (C=O) groups is 1. The molecule has 104 valence electrons. The van der Waals surface area contributed by atoms with E-state index in [1.54, 1.807) is 19.2 Å². The zero-order chi connectivity index (χ0) is 14.7. The lowest BCUT2D eigenvalue weighted by Gasteiger charge is -2.18. The van der Waals surface area contributed by atoms with Gasteiger partial charge in [-0.25, -0.2) is 4.39 Å². The number of amides is 1. The number of hydrogen-bond donors (Lipinski definition) is 0. The Hall–Kier alpha value is -1.68. The Morgan fingerprint density at radius 2 is 1.95 bits per heavy atom. The van der Waals surface area contributed by atoms with Gasteiger partial charge in [-0.3, -0.25) is 4.79 Å². The van der Waals surface area contributed by atoms with E-state index >= 15 is 0 Å². The largest absolute Gasteiger partial charge is 0.337 e. The van der Waals surface area contributed by atoms with Crippen LogP contribution in [-0.2, 0) is 6.54 Å². The first-order chi connectivity index (χ1) is 9.49. The van der Waals surface area contributed by atoms with Crippen molar-refractivity contribution in [2.45, 2.75) is 13.5 Å². The van der Waals surface area contributed by atoms with E-state index in [9.17, 15) is 9.18 Å². The molecule has 0 saturated carbocycles. The van der Waals surface area contributed by atoms with Crippen LogP contribution in [0.3, 0.4) is 0 Å². The van der Waals surface area contributed by atoms with Crippen molar-refractivity contribution in [2.24, 2.45) is 0 Å². The molecule has 0 aliphatic carbocycles. The highest BCUT2D eigenvalue weighted by Gasteiger charge is 2.17. The normalized spacial score (nSPS) is 10.4. The summed E-state index contributed by atoms with van der Waals surface area (Å²) in [4.78, 5) is 13.8. The molecule has 0 unspecified atom stereocenters. The van der Waals surface area contributed by atoms with Crippen LogP contribution in [0.2, 0.25) is 0 Å². The molecule has 0 aromatic heterocycles. The van der Waals surface area contributed by atoms with Crippen molar-refractivity contribution < 1.29 is 9.18 Å². The maximum Gasteiger partial charge on any atom is 0.256 e. The molecule has 0 bridgehead atoms. The second-order valence-corrected chi connectivity index (χ2v) is 5.59. The van der Waals surface area contributed by atoms with Crippen molar-refractivity contribution >= 4 is 21.8 Å². The fourth-order valence-corrected chi connectivity index (χ4v) is 2.37. The molecule has 0 aliphatic heterocycles. The van der Waals surface area contributed by atoms with Gasteiger partial charge in [0.2, 0.25) is 0 Å². The molecule has 4 heteroatoms. The van der Waals surface area contributed by atoms with E-state index in [0.29, 0.717) is 6.54 Å². The molecule has 1 amide bonds. The third-order valence-corrected chi connectivity index (χ3v) is 3.84. The van der Waals surface area contributed by atoms with Gasteiger partial charge in [-0.2, -0.15) is 0 Å². The summed E-state index contributed by atoms with van der Waals surface area (Å²) in [7, 11) is 1.67. The minimum absolute atomic E-state index is 0.111. The fourth-order valence-electron chi connectivity index (χ4n) is 1.96. The van der Waals surface area contributed by atoms with Crippen LogP contribution in [-0.4, -0.2) is 17.9 Å². The lowest BCUT2D eigenvalue weighted by atomic mass is 10.1. The number of benzene rings is 2. The first-order valence-electron chi connectivity index (χ1n) is 6.24. The number of carbonyl (C=O) groups excluding carboxylic acids is 1. The number of nitrogens with zero attached hydrogens (tertiary/aromatic N) is 1. The predicted octanol–water partition coefficient (Wildman–Crippen LogP) is 4.17. The van der Waals surface area contributed by atoms with E-state index in [2.05, 4.69) is 15.9 Å². The predicted molar refractivity (Wildman–Crippen MR) is 81.1 cm³/mol. The van der Waals surface area contributed by atoms with E-state index in [-0.39, 0.29) is 11.5 Å². The molecule has 20 heavy (non-hydrogen) atoms. The van der Waals surface area contributed by atoms with Gasteiger partial charge in [0.05, 0.1) is 5.56 Å². The molecular weight excluding hydrogens is 321 g/mol. The Bertz CT molecular complexity index is 642. The zero-order valence-electron chi connectivity index (χ0n) is 11.4. The summed E-state index contributed by atoms with van der Waals surface area (Å²) < 4.78 is 14.7. The molecule has 2 nitrogen and oxygen atoms in total. The molecule has 0 aliphatic rings. The highest BCUT2D eigenvalue weighted by molar-refractivity contribution is 9.10. The van der Waals surface area contributed by atoms with E-state index in [1.807, 2.05) is 31.2 Å². The summed E-state index contributed by atoms with van der Waals surface area (Å²) in [5.41, 5.74) is 1.96. The molecule has 0 atom stereocenters. The first kappa shape index (κ1) is 14.7. The standard InChI is InChI=1S/C16H15BrFNO/c1-11-7-8-15(18)13(9-11)16(20)19(2)10-12-5-3-4-6-14(12)17/h3-9H,10H2,1-2H3. The van der Waals surface area contributed by atoms with Gasteiger partial charge < -0.3 is 4.90 Å². The minimum Gasteiger partial charge on any atom is -0.337 e. The van der Waals surface area contributed by atoms with Crippen molar-refractivity contribution in [3.8, 4) is 0 Å². The van der Waals surface area contributed by atoms with Crippen molar-refractivity contribution in [1.29, 1.82) is 0 Å². The monoisotopic (exact) mass is 335 g/mol. The van der Waals surface area contributed by atoms with Crippen LogP contribution in [0.5, 0.6) is 0 Å². The second kappa shape index (κ2) is 6.18. The Labute approximate surface area is 126 Å². The van der Waals surface area contributed by atoms with E-state index in [4.69, 9.17) is 0 Å². The van der Waals surface area contributed by atoms with Gasteiger partial charge in [0.15, 0.2) is 0 Å². The summed E-state index contributed by atoms with van der Waals surface area (Å²) in [6, 6.07) is 12.2. The van der Waals surface area contributed by atoms with Crippen molar-refractivity contribution in [3.05, 3.63) is 69.4 Å². The SMILES string of the molecule is Cc1ccc(F)c(C(=O)N(C)Cc2ccccc2Br)c1. The first-order valence-corrected chi connectivity index (χ1v) is 7.03. The van der Waals surface area contributed by atoms with Gasteiger partial charge in [-0.1, -0.05) is 45.8 Å².